The van der Waals surface area contributed by atoms with Crippen molar-refractivity contribution in [3.8, 4) is 0 Å². The minimum absolute atomic E-state index is 0.00480. The molecular formula is C21H18ClN3O4. The molecule has 0 saturated heterocycles. The number of ether oxygens (including phenoxy) is 1. The van der Waals surface area contributed by atoms with E-state index in [1.165, 1.54) is 11.0 Å². The summed E-state index contributed by atoms with van der Waals surface area (Å²) in [5, 5.41) is 4.02. The van der Waals surface area contributed by atoms with Crippen molar-refractivity contribution in [1.82, 2.24) is 9.88 Å². The fourth-order valence-corrected chi connectivity index (χ4v) is 3.27. The summed E-state index contributed by atoms with van der Waals surface area (Å²) in [6.45, 7) is 0.523. The van der Waals surface area contributed by atoms with Crippen LogP contribution in [0.3, 0.4) is 0 Å². The molecule has 7 nitrogen and oxygen atoms in total. The Morgan fingerprint density at radius 3 is 3.00 bits per heavy atom. The molecule has 1 aliphatic heterocycles. The third-order valence-corrected chi connectivity index (χ3v) is 4.93. The second-order valence-corrected chi connectivity index (χ2v) is 7.06. The zero-order valence-corrected chi connectivity index (χ0v) is 16.4. The average Bonchev–Trinajstić information content (AvgIpc) is 2.90. The third-order valence-electron chi connectivity index (χ3n) is 4.51. The third kappa shape index (κ3) is 4.16. The van der Waals surface area contributed by atoms with E-state index in [4.69, 9.17) is 20.8 Å². The number of amides is 2. The minimum Gasteiger partial charge on any atom is -0.458 e. The first-order valence-corrected chi connectivity index (χ1v) is 9.34. The molecule has 0 bridgehead atoms. The van der Waals surface area contributed by atoms with E-state index >= 15 is 0 Å². The van der Waals surface area contributed by atoms with Crippen molar-refractivity contribution in [2.24, 2.45) is 0 Å². The maximum Gasteiger partial charge on any atom is 0.251 e. The second-order valence-electron chi connectivity index (χ2n) is 6.68. The molecule has 1 aliphatic rings. The van der Waals surface area contributed by atoms with E-state index in [0.29, 0.717) is 22.2 Å². The van der Waals surface area contributed by atoms with Crippen molar-refractivity contribution < 1.29 is 18.7 Å². The van der Waals surface area contributed by atoms with Gasteiger partial charge in [0.1, 0.15) is 23.8 Å². The number of rotatable bonds is 4. The number of fused-ring (bicyclic) bond motifs is 2. The lowest BCUT2D eigenvalue weighted by molar-refractivity contribution is -0.125. The van der Waals surface area contributed by atoms with Gasteiger partial charge in [-0.25, -0.2) is 4.98 Å². The molecule has 3 aromatic rings. The second kappa shape index (κ2) is 8.06. The van der Waals surface area contributed by atoms with Gasteiger partial charge in [-0.05, 0) is 29.8 Å². The van der Waals surface area contributed by atoms with Crippen molar-refractivity contribution >= 4 is 46.3 Å². The lowest BCUT2D eigenvalue weighted by atomic mass is 10.2. The summed E-state index contributed by atoms with van der Waals surface area (Å²) < 4.78 is 11.0. The van der Waals surface area contributed by atoms with Crippen molar-refractivity contribution in [1.29, 1.82) is 0 Å². The lowest BCUT2D eigenvalue weighted by Crippen LogP contribution is -2.24. The molecule has 0 fully saturated rings. The van der Waals surface area contributed by atoms with Gasteiger partial charge in [0.2, 0.25) is 5.91 Å². The van der Waals surface area contributed by atoms with Crippen molar-refractivity contribution in [3.63, 3.8) is 0 Å². The predicted molar refractivity (Wildman–Crippen MR) is 109 cm³/mol. The number of nitrogens with zero attached hydrogens (tertiary/aromatic N) is 2. The normalized spacial score (nSPS) is 13.9. The van der Waals surface area contributed by atoms with Crippen LogP contribution in [0.15, 0.2) is 47.0 Å². The minimum atomic E-state index is -0.236. The fraction of sp³-hybridized carbons (Fsp3) is 0.190. The number of para-hydroxylation sites is 1. The molecule has 1 aromatic carbocycles. The summed E-state index contributed by atoms with van der Waals surface area (Å²) in [5.41, 5.74) is 2.18. The van der Waals surface area contributed by atoms with Crippen LogP contribution in [0.1, 0.15) is 16.9 Å². The van der Waals surface area contributed by atoms with Crippen LogP contribution in [0, 0.1) is 0 Å². The Morgan fingerprint density at radius 2 is 2.17 bits per heavy atom. The summed E-state index contributed by atoms with van der Waals surface area (Å²) in [5.74, 6) is 0.575. The van der Waals surface area contributed by atoms with Gasteiger partial charge in [0.25, 0.3) is 5.91 Å². The molecule has 0 saturated carbocycles. The van der Waals surface area contributed by atoms with Gasteiger partial charge in [0.05, 0.1) is 18.2 Å². The van der Waals surface area contributed by atoms with E-state index in [2.05, 4.69) is 10.3 Å². The van der Waals surface area contributed by atoms with Crippen LogP contribution in [0.25, 0.3) is 17.0 Å². The molecule has 0 unspecified atom stereocenters. The van der Waals surface area contributed by atoms with Gasteiger partial charge in [0.15, 0.2) is 0 Å². The number of carbonyl (C=O) groups excluding carboxylic acids is 2. The molecule has 0 spiro atoms. The highest BCUT2D eigenvalue weighted by Gasteiger charge is 2.16. The molecule has 2 aromatic heterocycles. The molecule has 8 heteroatoms. The van der Waals surface area contributed by atoms with Gasteiger partial charge in [-0.3, -0.25) is 9.59 Å². The first-order chi connectivity index (χ1) is 14.0. The first kappa shape index (κ1) is 19.2. The fourth-order valence-electron chi connectivity index (χ4n) is 3.02. The highest BCUT2D eigenvalue weighted by molar-refractivity contribution is 6.36. The van der Waals surface area contributed by atoms with Gasteiger partial charge in [-0.2, -0.15) is 0 Å². The number of pyridine rings is 1. The summed E-state index contributed by atoms with van der Waals surface area (Å²) in [6, 6.07) is 9.30. The lowest BCUT2D eigenvalue weighted by Gasteiger charge is -2.13. The topological polar surface area (TPSA) is 84.7 Å². The highest BCUT2D eigenvalue weighted by atomic mass is 35.5. The Morgan fingerprint density at radius 1 is 1.34 bits per heavy atom. The zero-order valence-electron chi connectivity index (χ0n) is 15.6. The molecular weight excluding hydrogens is 394 g/mol. The SMILES string of the molecule is CN(Cc1oc2ccccc2c1Cl)C(=O)C=Cc1cnc2c(c1)COCC(=O)N2. The monoisotopic (exact) mass is 411 g/mol. The van der Waals surface area contributed by atoms with Gasteiger partial charge in [0, 0.05) is 30.3 Å². The standard InChI is InChI=1S/C21H18ClN3O4/c1-25(10-17-20(22)15-4-2-3-5-16(15)29-17)19(27)7-6-13-8-14-11-28-12-18(26)24-21(14)23-9-13/h2-9H,10-12H2,1H3,(H,23,24,26). The Labute approximate surface area is 171 Å². The summed E-state index contributed by atoms with van der Waals surface area (Å²) in [6.07, 6.45) is 4.71. The maximum atomic E-state index is 12.5. The number of nitrogens with one attached hydrogen (secondary N) is 1. The molecule has 148 valence electrons. The van der Waals surface area contributed by atoms with Gasteiger partial charge >= 0.3 is 0 Å². The van der Waals surface area contributed by atoms with Crippen molar-refractivity contribution in [2.45, 2.75) is 13.2 Å². The number of likely N-dealkylation sites (N-methyl/N-ethyl adjacent to an activating group) is 1. The van der Waals surface area contributed by atoms with Crippen LogP contribution >= 0.6 is 11.6 Å². The summed E-state index contributed by atoms with van der Waals surface area (Å²) in [4.78, 5) is 29.7. The number of carbonyl (C=O) groups is 2. The number of hydrogen-bond acceptors (Lipinski definition) is 5. The number of furan rings is 1. The quantitative estimate of drug-likeness (QED) is 0.663. The Kier molecular flexibility index (Phi) is 5.33. The predicted octanol–water partition coefficient (Wildman–Crippen LogP) is 3.62. The summed E-state index contributed by atoms with van der Waals surface area (Å²) in [7, 11) is 1.68. The van der Waals surface area contributed by atoms with Crippen LogP contribution in [0.5, 0.6) is 0 Å². The first-order valence-electron chi connectivity index (χ1n) is 8.97. The van der Waals surface area contributed by atoms with Crippen LogP contribution < -0.4 is 5.32 Å². The number of aromatic nitrogens is 1. The van der Waals surface area contributed by atoms with Crippen LogP contribution in [0.4, 0.5) is 5.82 Å². The molecule has 1 N–H and O–H groups in total. The van der Waals surface area contributed by atoms with E-state index in [1.807, 2.05) is 30.3 Å². The largest absolute Gasteiger partial charge is 0.458 e. The molecule has 29 heavy (non-hydrogen) atoms. The van der Waals surface area contributed by atoms with Crippen LogP contribution in [0.2, 0.25) is 5.02 Å². The van der Waals surface area contributed by atoms with Gasteiger partial charge in [-0.1, -0.05) is 23.7 Å². The Balaban J connectivity index is 1.45. The van der Waals surface area contributed by atoms with Crippen LogP contribution in [-0.2, 0) is 27.5 Å². The summed E-state index contributed by atoms with van der Waals surface area (Å²) >= 11 is 6.37. The molecule has 0 radical (unpaired) electrons. The van der Waals surface area contributed by atoms with Gasteiger partial charge < -0.3 is 19.4 Å². The molecule has 4 rings (SSSR count). The number of benzene rings is 1. The number of anilines is 1. The van der Waals surface area contributed by atoms with E-state index in [-0.39, 0.29) is 31.6 Å². The maximum absolute atomic E-state index is 12.5. The highest BCUT2D eigenvalue weighted by Crippen LogP contribution is 2.31. The number of hydrogen-bond donors (Lipinski definition) is 1. The van der Waals surface area contributed by atoms with E-state index in [1.54, 1.807) is 19.3 Å². The molecule has 3 heterocycles. The van der Waals surface area contributed by atoms with Crippen LogP contribution in [-0.4, -0.2) is 35.4 Å². The van der Waals surface area contributed by atoms with E-state index in [0.717, 1.165) is 16.5 Å². The van der Waals surface area contributed by atoms with Crippen molar-refractivity contribution in [3.05, 3.63) is 64.5 Å². The zero-order chi connectivity index (χ0) is 20.4. The van der Waals surface area contributed by atoms with Gasteiger partial charge in [-0.15, -0.1) is 0 Å². The Hall–Kier alpha value is -3.16. The van der Waals surface area contributed by atoms with E-state index < -0.39 is 0 Å². The molecule has 2 amide bonds. The molecule has 0 aliphatic carbocycles. The Bertz CT molecular complexity index is 1120. The molecule has 0 atom stereocenters. The average molecular weight is 412 g/mol. The van der Waals surface area contributed by atoms with Crippen molar-refractivity contribution in [2.75, 3.05) is 19.0 Å². The number of halogens is 1. The van der Waals surface area contributed by atoms with E-state index in [9.17, 15) is 9.59 Å². The smallest absolute Gasteiger partial charge is 0.251 e.